The Labute approximate surface area is 184 Å². The monoisotopic (exact) mass is 444 g/mol. The smallest absolute Gasteiger partial charge is 0.254 e. The number of carbonyl (C=O) groups is 1. The lowest BCUT2D eigenvalue weighted by molar-refractivity contribution is 0.0614. The minimum atomic E-state index is -0.0727. The van der Waals surface area contributed by atoms with Gasteiger partial charge < -0.3 is 23.6 Å². The minimum Gasteiger partial charge on any atom is -0.493 e. The number of hydrogen-bond acceptors (Lipinski definition) is 9. The first kappa shape index (κ1) is 21.1. The zero-order chi connectivity index (χ0) is 21.8. The molecular formula is C21H24N4O5S. The molecule has 31 heavy (non-hydrogen) atoms. The number of amides is 1. The summed E-state index contributed by atoms with van der Waals surface area (Å²) < 4.78 is 21.4. The third kappa shape index (κ3) is 4.49. The zero-order valence-corrected chi connectivity index (χ0v) is 18.5. The summed E-state index contributed by atoms with van der Waals surface area (Å²) in [5.74, 6) is 2.49. The molecule has 0 spiro atoms. The van der Waals surface area contributed by atoms with Crippen LogP contribution in [0.4, 0.5) is 0 Å². The fourth-order valence-electron chi connectivity index (χ4n) is 3.52. The highest BCUT2D eigenvalue weighted by molar-refractivity contribution is 7.08. The highest BCUT2D eigenvalue weighted by Gasteiger charge is 2.25. The van der Waals surface area contributed by atoms with E-state index in [-0.39, 0.29) is 5.91 Å². The van der Waals surface area contributed by atoms with Crippen molar-refractivity contribution >= 4 is 17.2 Å². The van der Waals surface area contributed by atoms with E-state index in [1.54, 1.807) is 23.5 Å². The summed E-state index contributed by atoms with van der Waals surface area (Å²) in [5.41, 5.74) is 1.46. The molecule has 1 saturated heterocycles. The number of thiophene rings is 1. The van der Waals surface area contributed by atoms with Crippen LogP contribution in [0, 0.1) is 0 Å². The highest BCUT2D eigenvalue weighted by atomic mass is 32.1. The molecule has 3 aromatic rings. The van der Waals surface area contributed by atoms with E-state index < -0.39 is 0 Å². The van der Waals surface area contributed by atoms with Crippen molar-refractivity contribution in [1.29, 1.82) is 0 Å². The van der Waals surface area contributed by atoms with E-state index in [0.717, 1.165) is 5.56 Å². The molecule has 1 aliphatic rings. The van der Waals surface area contributed by atoms with Crippen LogP contribution in [0.1, 0.15) is 16.2 Å². The molecule has 4 rings (SSSR count). The molecule has 0 bridgehead atoms. The minimum absolute atomic E-state index is 0.0727. The van der Waals surface area contributed by atoms with Crippen molar-refractivity contribution in [2.24, 2.45) is 0 Å². The van der Waals surface area contributed by atoms with Crippen molar-refractivity contribution in [1.82, 2.24) is 19.9 Å². The summed E-state index contributed by atoms with van der Waals surface area (Å²) in [5, 5.41) is 8.02. The van der Waals surface area contributed by atoms with Crippen molar-refractivity contribution in [3.8, 4) is 28.6 Å². The average molecular weight is 445 g/mol. The third-order valence-corrected chi connectivity index (χ3v) is 5.86. The van der Waals surface area contributed by atoms with Gasteiger partial charge in [-0.15, -0.1) is 0 Å². The van der Waals surface area contributed by atoms with Gasteiger partial charge in [0.05, 0.1) is 27.9 Å². The molecule has 9 nitrogen and oxygen atoms in total. The SMILES string of the molecule is COc1cc(C(=O)N2CCN(Cc3nc(-c4ccsc4)no3)CC2)cc(OC)c1OC. The van der Waals surface area contributed by atoms with Gasteiger partial charge in [0.2, 0.25) is 17.5 Å². The second-order valence-electron chi connectivity index (χ2n) is 7.01. The quantitative estimate of drug-likeness (QED) is 0.550. The van der Waals surface area contributed by atoms with Crippen molar-refractivity contribution in [2.75, 3.05) is 47.5 Å². The second kappa shape index (κ2) is 9.36. The maximum absolute atomic E-state index is 13.1. The molecular weight excluding hydrogens is 420 g/mol. The van der Waals surface area contributed by atoms with Crippen molar-refractivity contribution < 1.29 is 23.5 Å². The Hall–Kier alpha value is -3.11. The molecule has 164 valence electrons. The molecule has 0 saturated carbocycles. The lowest BCUT2D eigenvalue weighted by Gasteiger charge is -2.34. The molecule has 2 aromatic heterocycles. The Morgan fingerprint density at radius 1 is 1.10 bits per heavy atom. The summed E-state index contributed by atoms with van der Waals surface area (Å²) >= 11 is 1.59. The second-order valence-corrected chi connectivity index (χ2v) is 7.79. The van der Waals surface area contributed by atoms with Crippen molar-refractivity contribution in [3.63, 3.8) is 0 Å². The highest BCUT2D eigenvalue weighted by Crippen LogP contribution is 2.38. The Balaban J connectivity index is 1.38. The summed E-state index contributed by atoms with van der Waals surface area (Å²) in [7, 11) is 4.60. The van der Waals surface area contributed by atoms with Crippen LogP contribution >= 0.6 is 11.3 Å². The number of aromatic nitrogens is 2. The molecule has 0 radical (unpaired) electrons. The standard InChI is InChI=1S/C21H24N4O5S/c1-27-16-10-15(11-17(28-2)19(16)29-3)21(26)25-7-5-24(6-8-25)12-18-22-20(23-30-18)14-4-9-31-13-14/h4,9-11,13H,5-8,12H2,1-3H3. The van der Waals surface area contributed by atoms with Gasteiger partial charge in [-0.2, -0.15) is 16.3 Å². The van der Waals surface area contributed by atoms with Crippen LogP contribution in [0.25, 0.3) is 11.4 Å². The van der Waals surface area contributed by atoms with Crippen LogP contribution in [0.15, 0.2) is 33.5 Å². The van der Waals surface area contributed by atoms with Gasteiger partial charge in [-0.05, 0) is 23.6 Å². The molecule has 1 aromatic carbocycles. The number of rotatable bonds is 7. The van der Waals surface area contributed by atoms with Crippen LogP contribution in [0.5, 0.6) is 17.2 Å². The maximum Gasteiger partial charge on any atom is 0.254 e. The number of nitrogens with zero attached hydrogens (tertiary/aromatic N) is 4. The zero-order valence-electron chi connectivity index (χ0n) is 17.7. The van der Waals surface area contributed by atoms with E-state index in [1.165, 1.54) is 21.3 Å². The van der Waals surface area contributed by atoms with E-state index in [0.29, 0.717) is 67.3 Å². The lowest BCUT2D eigenvalue weighted by Crippen LogP contribution is -2.48. The molecule has 0 N–H and O–H groups in total. The van der Waals surface area contributed by atoms with Crippen molar-refractivity contribution in [3.05, 3.63) is 40.4 Å². The van der Waals surface area contributed by atoms with E-state index in [1.807, 2.05) is 21.7 Å². The Morgan fingerprint density at radius 2 is 1.81 bits per heavy atom. The predicted molar refractivity (Wildman–Crippen MR) is 115 cm³/mol. The van der Waals surface area contributed by atoms with Gasteiger partial charge >= 0.3 is 0 Å². The summed E-state index contributed by atoms with van der Waals surface area (Å²) in [6.07, 6.45) is 0. The molecule has 0 aliphatic carbocycles. The normalized spacial score (nSPS) is 14.5. The Bertz CT molecular complexity index is 1000. The molecule has 3 heterocycles. The number of benzene rings is 1. The first-order valence-electron chi connectivity index (χ1n) is 9.79. The molecule has 1 aliphatic heterocycles. The van der Waals surface area contributed by atoms with Crippen LogP contribution in [-0.4, -0.2) is 73.4 Å². The number of methoxy groups -OCH3 is 3. The number of carbonyl (C=O) groups excluding carboxylic acids is 1. The Kier molecular flexibility index (Phi) is 6.38. The van der Waals surface area contributed by atoms with Crippen LogP contribution in [-0.2, 0) is 6.54 Å². The lowest BCUT2D eigenvalue weighted by atomic mass is 10.1. The van der Waals surface area contributed by atoms with Gasteiger partial charge in [0, 0.05) is 42.7 Å². The van der Waals surface area contributed by atoms with Gasteiger partial charge in [0.25, 0.3) is 5.91 Å². The van der Waals surface area contributed by atoms with E-state index in [9.17, 15) is 4.79 Å². The predicted octanol–water partition coefficient (Wildman–Crippen LogP) is 2.78. The van der Waals surface area contributed by atoms with Gasteiger partial charge in [-0.1, -0.05) is 5.16 Å². The fraction of sp³-hybridized carbons (Fsp3) is 0.381. The van der Waals surface area contributed by atoms with Crippen LogP contribution in [0.3, 0.4) is 0 Å². The third-order valence-electron chi connectivity index (χ3n) is 5.18. The molecule has 0 atom stereocenters. The molecule has 1 amide bonds. The first-order chi connectivity index (χ1) is 15.1. The molecule has 0 unspecified atom stereocenters. The summed E-state index contributed by atoms with van der Waals surface area (Å²) in [4.78, 5) is 21.5. The van der Waals surface area contributed by atoms with Crippen molar-refractivity contribution in [2.45, 2.75) is 6.54 Å². The molecule has 10 heteroatoms. The topological polar surface area (TPSA) is 90.2 Å². The molecule has 1 fully saturated rings. The van der Waals surface area contributed by atoms with E-state index in [4.69, 9.17) is 18.7 Å². The maximum atomic E-state index is 13.1. The van der Waals surface area contributed by atoms with Crippen LogP contribution < -0.4 is 14.2 Å². The van der Waals surface area contributed by atoms with Crippen LogP contribution in [0.2, 0.25) is 0 Å². The number of piperazine rings is 1. The average Bonchev–Trinajstić information content (AvgIpc) is 3.50. The van der Waals surface area contributed by atoms with E-state index in [2.05, 4.69) is 15.0 Å². The summed E-state index contributed by atoms with van der Waals surface area (Å²) in [6.45, 7) is 3.18. The largest absolute Gasteiger partial charge is 0.493 e. The number of ether oxygens (including phenoxy) is 3. The van der Waals surface area contributed by atoms with Gasteiger partial charge in [0.15, 0.2) is 11.5 Å². The Morgan fingerprint density at radius 3 is 2.39 bits per heavy atom. The number of hydrogen-bond donors (Lipinski definition) is 0. The van der Waals surface area contributed by atoms with E-state index >= 15 is 0 Å². The summed E-state index contributed by atoms with van der Waals surface area (Å²) in [6, 6.07) is 5.33. The van der Waals surface area contributed by atoms with Gasteiger partial charge in [-0.25, -0.2) is 0 Å². The van der Waals surface area contributed by atoms with Gasteiger partial charge in [0.1, 0.15) is 0 Å². The fourth-order valence-corrected chi connectivity index (χ4v) is 4.15. The van der Waals surface area contributed by atoms with Gasteiger partial charge in [-0.3, -0.25) is 9.69 Å². The first-order valence-corrected chi connectivity index (χ1v) is 10.7.